The molecule has 4 N–H and O–H groups in total. The second-order valence-electron chi connectivity index (χ2n) is 3.10. The van der Waals surface area contributed by atoms with Crippen LogP contribution in [0.15, 0.2) is 0 Å². The summed E-state index contributed by atoms with van der Waals surface area (Å²) in [4.78, 5) is 10.3. The van der Waals surface area contributed by atoms with Crippen LogP contribution in [0.25, 0.3) is 0 Å². The van der Waals surface area contributed by atoms with Crippen molar-refractivity contribution in [2.75, 3.05) is 0 Å². The van der Waals surface area contributed by atoms with E-state index in [-0.39, 0.29) is 12.1 Å². The van der Waals surface area contributed by atoms with Crippen LogP contribution in [-0.2, 0) is 4.79 Å². The Hall–Kier alpha value is -0.570. The number of fused-ring (bicyclic) bond motifs is 1. The zero-order valence-electron chi connectivity index (χ0n) is 6.17. The molecule has 2 rings (SSSR count). The molecule has 2 aliphatic rings. The van der Waals surface area contributed by atoms with Crippen LogP contribution in [0.5, 0.6) is 0 Å². The predicted molar refractivity (Wildman–Crippen MR) is 35.3 cm³/mol. The van der Waals surface area contributed by atoms with Crippen molar-refractivity contribution in [3.63, 3.8) is 0 Å². The second-order valence-corrected chi connectivity index (χ2v) is 3.10. The van der Waals surface area contributed by atoms with Gasteiger partial charge in [-0.15, -0.1) is 0 Å². The first kappa shape index (κ1) is 7.54. The highest BCUT2D eigenvalue weighted by molar-refractivity contribution is 5.72. The van der Waals surface area contributed by atoms with Gasteiger partial charge in [-0.25, -0.2) is 0 Å². The molecule has 2 fully saturated rings. The molecule has 2 unspecified atom stereocenters. The number of carboxylic acids is 1. The van der Waals surface area contributed by atoms with E-state index < -0.39 is 5.97 Å². The average molecular weight is 143 g/mol. The van der Waals surface area contributed by atoms with E-state index in [0.717, 1.165) is 12.8 Å². The maximum absolute atomic E-state index is 10.3. The van der Waals surface area contributed by atoms with Gasteiger partial charge in [-0.1, -0.05) is 6.42 Å². The Balaban J connectivity index is 0.000000500. The van der Waals surface area contributed by atoms with Gasteiger partial charge in [0.1, 0.15) is 0 Å². The van der Waals surface area contributed by atoms with E-state index in [1.807, 2.05) is 0 Å². The number of hydrogen-bond donors (Lipinski definition) is 1. The lowest BCUT2D eigenvalue weighted by Gasteiger charge is -2.01. The molecule has 0 aromatic rings. The third-order valence-electron chi connectivity index (χ3n) is 2.68. The van der Waals surface area contributed by atoms with Gasteiger partial charge in [-0.3, -0.25) is 0 Å². The molecule has 58 valence electrons. The van der Waals surface area contributed by atoms with Crippen LogP contribution in [0.3, 0.4) is 0 Å². The molecule has 0 saturated heterocycles. The van der Waals surface area contributed by atoms with Gasteiger partial charge in [0.2, 0.25) is 0 Å². The smallest absolute Gasteiger partial charge is 0.0451 e. The molecule has 0 aliphatic heterocycles. The maximum atomic E-state index is 10.3. The highest BCUT2D eigenvalue weighted by Gasteiger charge is 2.52. The van der Waals surface area contributed by atoms with Crippen LogP contribution >= 0.6 is 0 Å². The minimum atomic E-state index is -0.815. The molecule has 0 aromatic carbocycles. The van der Waals surface area contributed by atoms with Crippen LogP contribution in [-0.4, -0.2) is 5.97 Å². The first-order valence-electron chi connectivity index (χ1n) is 3.51. The topological polar surface area (TPSA) is 76.6 Å². The first-order valence-corrected chi connectivity index (χ1v) is 3.51. The summed E-state index contributed by atoms with van der Waals surface area (Å²) in [6.45, 7) is 0. The summed E-state index contributed by atoms with van der Waals surface area (Å²) in [5.41, 5.74) is 0. The number of rotatable bonds is 1. The van der Waals surface area contributed by atoms with E-state index in [4.69, 9.17) is 0 Å². The fourth-order valence-electron chi connectivity index (χ4n) is 2.17. The van der Waals surface area contributed by atoms with Crippen LogP contribution in [0.1, 0.15) is 19.3 Å². The highest BCUT2D eigenvalue weighted by Crippen LogP contribution is 2.56. The number of aliphatic carboxylic acids is 1. The van der Waals surface area contributed by atoms with Gasteiger partial charge >= 0.3 is 0 Å². The SMILES string of the molecule is O=C([O-])C1C2CCCC21.[NH4+]. The Labute approximate surface area is 60.0 Å². The monoisotopic (exact) mass is 143 g/mol. The summed E-state index contributed by atoms with van der Waals surface area (Å²) in [7, 11) is 0. The van der Waals surface area contributed by atoms with Gasteiger partial charge in [0.25, 0.3) is 0 Å². The van der Waals surface area contributed by atoms with Crippen molar-refractivity contribution >= 4 is 5.97 Å². The van der Waals surface area contributed by atoms with E-state index in [2.05, 4.69) is 0 Å². The third kappa shape index (κ3) is 0.814. The van der Waals surface area contributed by atoms with Gasteiger partial charge in [0.05, 0.1) is 0 Å². The van der Waals surface area contributed by atoms with Crippen molar-refractivity contribution in [2.24, 2.45) is 17.8 Å². The first-order chi connectivity index (χ1) is 4.30. The molecule has 3 nitrogen and oxygen atoms in total. The van der Waals surface area contributed by atoms with Crippen molar-refractivity contribution in [1.29, 1.82) is 0 Å². The molecular weight excluding hydrogens is 130 g/mol. The van der Waals surface area contributed by atoms with E-state index in [9.17, 15) is 9.90 Å². The Bertz CT molecular complexity index is 148. The van der Waals surface area contributed by atoms with E-state index in [1.165, 1.54) is 6.42 Å². The molecule has 0 radical (unpaired) electrons. The minimum absolute atomic E-state index is 0. The molecule has 2 aliphatic carbocycles. The number of carbonyl (C=O) groups is 1. The lowest BCUT2D eigenvalue weighted by atomic mass is 10.1. The second kappa shape index (κ2) is 2.23. The summed E-state index contributed by atoms with van der Waals surface area (Å²) in [5, 5.41) is 10.3. The van der Waals surface area contributed by atoms with Crippen LogP contribution in [0, 0.1) is 17.8 Å². The molecule has 10 heavy (non-hydrogen) atoms. The van der Waals surface area contributed by atoms with Gasteiger partial charge in [0, 0.05) is 11.9 Å². The van der Waals surface area contributed by atoms with Crippen molar-refractivity contribution < 1.29 is 9.90 Å². The zero-order valence-corrected chi connectivity index (χ0v) is 6.17. The molecule has 0 heterocycles. The predicted octanol–water partition coefficient (Wildman–Crippen LogP) is 0.159. The highest BCUT2D eigenvalue weighted by atomic mass is 16.4. The Kier molecular flexibility index (Phi) is 1.68. The maximum Gasteiger partial charge on any atom is 0.0451 e. The molecular formula is C7H13NO2. The van der Waals surface area contributed by atoms with Crippen molar-refractivity contribution in [3.8, 4) is 0 Å². The Morgan fingerprint density at radius 2 is 1.80 bits per heavy atom. The number of hydrogen-bond acceptors (Lipinski definition) is 2. The lowest BCUT2D eigenvalue weighted by Crippen LogP contribution is -2.26. The summed E-state index contributed by atoms with van der Waals surface area (Å²) in [6.07, 6.45) is 3.49. The van der Waals surface area contributed by atoms with Gasteiger partial charge < -0.3 is 16.1 Å². The van der Waals surface area contributed by atoms with Crippen LogP contribution < -0.4 is 11.3 Å². The van der Waals surface area contributed by atoms with Crippen molar-refractivity contribution in [1.82, 2.24) is 6.15 Å². The zero-order chi connectivity index (χ0) is 6.43. The summed E-state index contributed by atoms with van der Waals surface area (Å²) in [6, 6.07) is 0. The summed E-state index contributed by atoms with van der Waals surface area (Å²) < 4.78 is 0. The lowest BCUT2D eigenvalue weighted by molar-refractivity contribution is -0.308. The Morgan fingerprint density at radius 1 is 1.30 bits per heavy atom. The standard InChI is InChI=1S/C7H10O2.H3N/c8-7(9)6-4-2-1-3-5(4)6;/h4-6H,1-3H2,(H,8,9);1H3. The molecule has 0 aromatic heterocycles. The average Bonchev–Trinajstić information content (AvgIpc) is 2.30. The molecule has 2 atom stereocenters. The van der Waals surface area contributed by atoms with E-state index in [0.29, 0.717) is 11.8 Å². The van der Waals surface area contributed by atoms with Crippen molar-refractivity contribution in [2.45, 2.75) is 19.3 Å². The molecule has 3 heteroatoms. The normalized spacial score (nSPS) is 41.8. The molecule has 0 amide bonds. The number of carbonyl (C=O) groups excluding carboxylic acids is 1. The quantitative estimate of drug-likeness (QED) is 0.567. The Morgan fingerprint density at radius 3 is 2.10 bits per heavy atom. The molecule has 0 spiro atoms. The van der Waals surface area contributed by atoms with Crippen LogP contribution in [0.4, 0.5) is 0 Å². The van der Waals surface area contributed by atoms with Crippen molar-refractivity contribution in [3.05, 3.63) is 0 Å². The van der Waals surface area contributed by atoms with E-state index in [1.54, 1.807) is 0 Å². The number of carboxylic acid groups (broad SMARTS) is 1. The minimum Gasteiger partial charge on any atom is -0.550 e. The van der Waals surface area contributed by atoms with Gasteiger partial charge in [-0.2, -0.15) is 0 Å². The third-order valence-corrected chi connectivity index (χ3v) is 2.68. The van der Waals surface area contributed by atoms with E-state index >= 15 is 0 Å². The van der Waals surface area contributed by atoms with Gasteiger partial charge in [-0.05, 0) is 24.7 Å². The van der Waals surface area contributed by atoms with Gasteiger partial charge in [0.15, 0.2) is 0 Å². The summed E-state index contributed by atoms with van der Waals surface area (Å²) in [5.74, 6) is 0.147. The fraction of sp³-hybridized carbons (Fsp3) is 0.857. The molecule has 0 bridgehead atoms. The molecule has 2 saturated carbocycles. The van der Waals surface area contributed by atoms with Crippen LogP contribution in [0.2, 0.25) is 0 Å². The largest absolute Gasteiger partial charge is 0.550 e. The fourth-order valence-corrected chi connectivity index (χ4v) is 2.17. The summed E-state index contributed by atoms with van der Waals surface area (Å²) >= 11 is 0. The number of quaternary nitrogens is 1.